The van der Waals surface area contributed by atoms with Crippen LogP contribution in [0.25, 0.3) is 32.7 Å². The van der Waals surface area contributed by atoms with Crippen LogP contribution < -0.4 is 24.8 Å². The molecule has 0 nitrogen and oxygen atoms in total. The monoisotopic (exact) mass is 552 g/mol. The zero-order valence-corrected chi connectivity index (χ0v) is 24.0. The third kappa shape index (κ3) is 8.16. The molecule has 0 unspecified atom stereocenters. The number of hydrogen-bond donors (Lipinski definition) is 0. The summed E-state index contributed by atoms with van der Waals surface area (Å²) < 4.78 is 0. The number of benzene rings is 3. The van der Waals surface area contributed by atoms with Crippen LogP contribution in [0.2, 0.25) is 13.1 Å². The predicted octanol–water partition coefficient (Wildman–Crippen LogP) is 2.19. The van der Waals surface area contributed by atoms with Crippen LogP contribution in [0, 0.1) is 13.8 Å². The first kappa shape index (κ1) is 28.6. The molecule has 0 fully saturated rings. The molecular formula is C28H28Cl2SiZr-2. The van der Waals surface area contributed by atoms with Gasteiger partial charge in [-0.15, -0.1) is 75.1 Å². The minimum Gasteiger partial charge on any atom is -1.00 e. The summed E-state index contributed by atoms with van der Waals surface area (Å²) in [5.41, 5.74) is 5.51. The molecule has 0 amide bonds. The quantitative estimate of drug-likeness (QED) is 0.220. The van der Waals surface area contributed by atoms with E-state index in [1.54, 1.807) is 23.3 Å². The first-order chi connectivity index (χ1) is 14.4. The molecular weight excluding hydrogens is 527 g/mol. The van der Waals surface area contributed by atoms with E-state index < -0.39 is 0 Å². The fourth-order valence-electron chi connectivity index (χ4n) is 3.56. The zero-order chi connectivity index (χ0) is 21.5. The maximum Gasteiger partial charge on any atom is -0.0279 e. The van der Waals surface area contributed by atoms with Gasteiger partial charge in [0.25, 0.3) is 0 Å². The second kappa shape index (κ2) is 14.0. The van der Waals surface area contributed by atoms with E-state index in [1.165, 1.54) is 43.8 Å². The van der Waals surface area contributed by atoms with Crippen molar-refractivity contribution in [1.29, 1.82) is 0 Å². The van der Waals surface area contributed by atoms with Gasteiger partial charge in [0.15, 0.2) is 0 Å². The molecule has 0 radical (unpaired) electrons. The third-order valence-electron chi connectivity index (χ3n) is 4.74. The molecule has 164 valence electrons. The van der Waals surface area contributed by atoms with Gasteiger partial charge in [-0.2, -0.15) is 12.1 Å². The van der Waals surface area contributed by atoms with Gasteiger partial charge in [-0.25, -0.2) is 0 Å². The van der Waals surface area contributed by atoms with Crippen molar-refractivity contribution in [3.05, 3.63) is 108 Å². The fourth-order valence-corrected chi connectivity index (χ4v) is 3.56. The number of halogens is 2. The van der Waals surface area contributed by atoms with E-state index in [0.717, 1.165) is 0 Å². The molecule has 5 aromatic carbocycles. The Kier molecular flexibility index (Phi) is 12.5. The van der Waals surface area contributed by atoms with E-state index in [0.29, 0.717) is 0 Å². The van der Waals surface area contributed by atoms with Gasteiger partial charge >= 0.3 is 41.9 Å². The molecule has 0 aliphatic heterocycles. The molecule has 0 N–H and O–H groups in total. The number of fused-ring (bicyclic) bond motifs is 2. The minimum atomic E-state index is 0. The van der Waals surface area contributed by atoms with Crippen LogP contribution in [0.4, 0.5) is 0 Å². The Bertz CT molecular complexity index is 1220. The van der Waals surface area contributed by atoms with E-state index in [9.17, 15) is 0 Å². The van der Waals surface area contributed by atoms with E-state index >= 15 is 0 Å². The first-order valence-corrected chi connectivity index (χ1v) is 16.5. The molecule has 0 spiro atoms. The second-order valence-corrected chi connectivity index (χ2v) is 17.2. The Morgan fingerprint density at radius 3 is 1.84 bits per heavy atom. The Hall–Kier alpha value is -1.44. The SMILES string of the molecule is C[Si](C)=[Zr+2].Cc1cc2c(-c3ccccc3)cccc2[cH-]1.Cc1cc2ccccc2[cH-]1.[Cl-].[Cl-]. The molecule has 0 atom stereocenters. The van der Waals surface area contributed by atoms with E-state index in [4.69, 9.17) is 0 Å². The number of aryl methyl sites for hydroxylation is 2. The summed E-state index contributed by atoms with van der Waals surface area (Å²) in [6.07, 6.45) is 0. The molecule has 4 heteroatoms. The Morgan fingerprint density at radius 1 is 0.656 bits per heavy atom. The summed E-state index contributed by atoms with van der Waals surface area (Å²) in [6, 6.07) is 34.4. The fraction of sp³-hybridized carbons (Fsp3) is 0.143. The van der Waals surface area contributed by atoms with Gasteiger partial charge in [0.1, 0.15) is 0 Å². The predicted molar refractivity (Wildman–Crippen MR) is 131 cm³/mol. The smallest absolute Gasteiger partial charge is 0.0279 e. The Labute approximate surface area is 220 Å². The van der Waals surface area contributed by atoms with Gasteiger partial charge in [0.2, 0.25) is 0 Å². The zero-order valence-electron chi connectivity index (χ0n) is 19.0. The first-order valence-electron chi connectivity index (χ1n) is 10.3. The minimum absolute atomic E-state index is 0. The summed E-state index contributed by atoms with van der Waals surface area (Å²) in [5.74, 6) is 0. The van der Waals surface area contributed by atoms with Crippen LogP contribution in [0.3, 0.4) is 0 Å². The molecule has 0 saturated heterocycles. The summed E-state index contributed by atoms with van der Waals surface area (Å²) in [4.78, 5) is 0. The van der Waals surface area contributed by atoms with Crippen LogP contribution in [-0.4, -0.2) is 5.43 Å². The van der Waals surface area contributed by atoms with Crippen LogP contribution >= 0.6 is 0 Å². The summed E-state index contributed by atoms with van der Waals surface area (Å²) in [7, 11) is 0. The molecule has 0 saturated carbocycles. The van der Waals surface area contributed by atoms with Gasteiger partial charge in [0, 0.05) is 0 Å². The Balaban J connectivity index is 0.000000277. The van der Waals surface area contributed by atoms with E-state index in [1.807, 2.05) is 0 Å². The largest absolute Gasteiger partial charge is 1.00 e. The Morgan fingerprint density at radius 2 is 1.19 bits per heavy atom. The molecule has 0 bridgehead atoms. The third-order valence-corrected chi connectivity index (χ3v) is 4.74. The van der Waals surface area contributed by atoms with Gasteiger partial charge in [0.05, 0.1) is 0 Å². The topological polar surface area (TPSA) is 0 Å². The van der Waals surface area contributed by atoms with Crippen LogP contribution in [0.5, 0.6) is 0 Å². The molecule has 5 aromatic rings. The van der Waals surface area contributed by atoms with E-state index in [2.05, 4.69) is 124 Å². The molecule has 5 rings (SSSR count). The average molecular weight is 555 g/mol. The number of hydrogen-bond acceptors (Lipinski definition) is 0. The van der Waals surface area contributed by atoms with Crippen molar-refractivity contribution in [2.24, 2.45) is 0 Å². The van der Waals surface area contributed by atoms with Crippen molar-refractivity contribution in [3.63, 3.8) is 0 Å². The second-order valence-electron chi connectivity index (χ2n) is 7.87. The molecule has 32 heavy (non-hydrogen) atoms. The summed E-state index contributed by atoms with van der Waals surface area (Å²) >= 11 is 1.74. The normalized spacial score (nSPS) is 9.56. The van der Waals surface area contributed by atoms with Crippen LogP contribution in [0.15, 0.2) is 97.1 Å². The van der Waals surface area contributed by atoms with Gasteiger partial charge in [-0.3, -0.25) is 0 Å². The van der Waals surface area contributed by atoms with Crippen molar-refractivity contribution in [1.82, 2.24) is 0 Å². The van der Waals surface area contributed by atoms with Crippen LogP contribution in [-0.2, 0) is 23.3 Å². The van der Waals surface area contributed by atoms with Crippen molar-refractivity contribution in [3.8, 4) is 11.1 Å². The summed E-state index contributed by atoms with van der Waals surface area (Å²) in [6.45, 7) is 8.89. The summed E-state index contributed by atoms with van der Waals surface area (Å²) in [5, 5.41) is 5.38. The van der Waals surface area contributed by atoms with Crippen molar-refractivity contribution < 1.29 is 48.1 Å². The van der Waals surface area contributed by atoms with Gasteiger partial charge in [-0.05, 0) is 5.56 Å². The molecule has 0 aliphatic carbocycles. The molecule has 0 aromatic heterocycles. The van der Waals surface area contributed by atoms with Gasteiger partial charge in [-0.1, -0.05) is 61.9 Å². The van der Waals surface area contributed by atoms with Crippen LogP contribution in [0.1, 0.15) is 11.1 Å². The van der Waals surface area contributed by atoms with Gasteiger partial charge < -0.3 is 24.8 Å². The molecule has 0 aliphatic rings. The van der Waals surface area contributed by atoms with E-state index in [-0.39, 0.29) is 30.2 Å². The molecule has 0 heterocycles. The van der Waals surface area contributed by atoms with Crippen molar-refractivity contribution in [2.75, 3.05) is 0 Å². The van der Waals surface area contributed by atoms with Crippen molar-refractivity contribution >= 4 is 27.0 Å². The maximum absolute atomic E-state index is 2.31. The number of rotatable bonds is 1. The maximum atomic E-state index is 2.31. The van der Waals surface area contributed by atoms with Crippen molar-refractivity contribution in [2.45, 2.75) is 26.9 Å². The average Bonchev–Trinajstić information content (AvgIpc) is 3.29. The standard InChI is InChI=1S/C16H13.C10H9.C2H6Si.2ClH.Zr/c1-12-10-14-8-5-9-15(16(14)11-12)13-6-3-2-4-7-13;1-8-6-9-4-2-3-5-10(9)7-8;1-3-2;;;/h2-11H,1H3;2-7H,1H3;1-2H3;2*1H;/q2*-1;;;;+2/p-2.